The van der Waals surface area contributed by atoms with E-state index in [1.807, 2.05) is 19.1 Å². The maximum Gasteiger partial charge on any atom is 0.359 e. The fourth-order valence-electron chi connectivity index (χ4n) is 3.95. The van der Waals surface area contributed by atoms with E-state index in [-0.39, 0.29) is 23.5 Å². The van der Waals surface area contributed by atoms with Crippen molar-refractivity contribution in [3.05, 3.63) is 93.2 Å². The van der Waals surface area contributed by atoms with Gasteiger partial charge in [-0.05, 0) is 61.9 Å². The summed E-state index contributed by atoms with van der Waals surface area (Å²) in [7, 11) is 1.28. The Bertz CT molecular complexity index is 1600. The number of nitrogens with zero attached hydrogens (tertiary/aromatic N) is 2. The number of benzene rings is 3. The molecule has 0 saturated carbocycles. The molecule has 3 aromatic carbocycles. The van der Waals surface area contributed by atoms with Crippen LogP contribution >= 0.6 is 23.5 Å². The lowest BCUT2D eigenvalue weighted by molar-refractivity contribution is -0.135. The summed E-state index contributed by atoms with van der Waals surface area (Å²) in [6, 6.07) is 18.2. The average Bonchev–Trinajstić information content (AvgIpc) is 3.57. The second-order valence-corrected chi connectivity index (χ2v) is 10.8. The maximum atomic E-state index is 13.6. The number of carbonyl (C=O) groups is 4. The van der Waals surface area contributed by atoms with Crippen LogP contribution in [0.1, 0.15) is 33.2 Å². The summed E-state index contributed by atoms with van der Waals surface area (Å²) in [5.41, 5.74) is 2.02. The van der Waals surface area contributed by atoms with Crippen molar-refractivity contribution in [3.63, 3.8) is 0 Å². The third-order valence-electron chi connectivity index (χ3n) is 5.92. The van der Waals surface area contributed by atoms with E-state index in [2.05, 4.69) is 5.10 Å². The van der Waals surface area contributed by atoms with Crippen LogP contribution in [0.3, 0.4) is 0 Å². The number of para-hydroxylation sites is 1. The molecule has 2 heterocycles. The molecular weight excluding hydrogens is 552 g/mol. The molecule has 0 N–H and O–H groups in total. The van der Waals surface area contributed by atoms with Crippen molar-refractivity contribution in [1.82, 2.24) is 0 Å². The first-order valence-corrected chi connectivity index (χ1v) is 13.8. The van der Waals surface area contributed by atoms with Gasteiger partial charge in [0.15, 0.2) is 5.71 Å². The van der Waals surface area contributed by atoms with Gasteiger partial charge in [0.2, 0.25) is 0 Å². The third-order valence-corrected chi connectivity index (χ3v) is 8.67. The molecule has 2 aliphatic heterocycles. The summed E-state index contributed by atoms with van der Waals surface area (Å²) < 4.78 is 16.2. The number of thioether (sulfide) groups is 2. The van der Waals surface area contributed by atoms with Crippen molar-refractivity contribution < 1.29 is 33.4 Å². The maximum absolute atomic E-state index is 13.6. The number of hydrogen-bond acceptors (Lipinski definition) is 10. The molecule has 40 heavy (non-hydrogen) atoms. The first-order valence-electron chi connectivity index (χ1n) is 12.1. The number of methoxy groups -OCH3 is 1. The Hall–Kier alpha value is -4.35. The molecule has 0 atom stereocenters. The number of hydrogen-bond donors (Lipinski definition) is 0. The van der Waals surface area contributed by atoms with Crippen LogP contribution < -0.4 is 9.75 Å². The SMILES string of the molecule is CCOC(=O)C1=NN(c2ccccc2)C(=O)C1=C1Sc2c(C)ccc(OC(=O)c3ccc(C(=O)OC)cc3)c2S1. The lowest BCUT2D eigenvalue weighted by Crippen LogP contribution is -2.23. The van der Waals surface area contributed by atoms with Gasteiger partial charge >= 0.3 is 17.9 Å². The summed E-state index contributed by atoms with van der Waals surface area (Å²) in [6.45, 7) is 3.71. The Morgan fingerprint density at radius 3 is 2.15 bits per heavy atom. The highest BCUT2D eigenvalue weighted by molar-refractivity contribution is 8.24. The number of ether oxygens (including phenoxy) is 3. The fraction of sp³-hybridized carbons (Fsp3) is 0.138. The van der Waals surface area contributed by atoms with Gasteiger partial charge in [0.05, 0.1) is 45.2 Å². The molecule has 2 aliphatic rings. The Balaban J connectivity index is 1.47. The Morgan fingerprint density at radius 1 is 0.850 bits per heavy atom. The zero-order valence-corrected chi connectivity index (χ0v) is 23.3. The first-order chi connectivity index (χ1) is 19.3. The number of rotatable bonds is 6. The largest absolute Gasteiger partial charge is 0.465 e. The van der Waals surface area contributed by atoms with E-state index in [9.17, 15) is 19.2 Å². The van der Waals surface area contributed by atoms with Gasteiger partial charge in [0, 0.05) is 4.90 Å². The van der Waals surface area contributed by atoms with E-state index in [4.69, 9.17) is 14.2 Å². The fourth-order valence-corrected chi connectivity index (χ4v) is 6.69. The number of hydrazone groups is 1. The summed E-state index contributed by atoms with van der Waals surface area (Å²) in [5, 5.41) is 5.51. The summed E-state index contributed by atoms with van der Waals surface area (Å²) >= 11 is 2.54. The molecule has 0 aromatic heterocycles. The van der Waals surface area contributed by atoms with Gasteiger partial charge in [-0.15, -0.1) is 0 Å². The van der Waals surface area contributed by atoms with Crippen LogP contribution in [0, 0.1) is 6.92 Å². The van der Waals surface area contributed by atoms with Crippen LogP contribution in [0.25, 0.3) is 0 Å². The number of anilines is 1. The van der Waals surface area contributed by atoms with Crippen molar-refractivity contribution in [3.8, 4) is 5.75 Å². The molecule has 3 aromatic rings. The summed E-state index contributed by atoms with van der Waals surface area (Å²) in [6.07, 6.45) is 0. The normalized spacial score (nSPS) is 15.9. The Labute approximate surface area is 238 Å². The molecule has 0 radical (unpaired) electrons. The smallest absolute Gasteiger partial charge is 0.359 e. The van der Waals surface area contributed by atoms with Crippen LogP contribution in [0.5, 0.6) is 5.75 Å². The molecule has 0 saturated heterocycles. The van der Waals surface area contributed by atoms with Gasteiger partial charge < -0.3 is 14.2 Å². The minimum absolute atomic E-state index is 0.0830. The van der Waals surface area contributed by atoms with Crippen LogP contribution in [0.15, 0.2) is 91.4 Å². The molecule has 0 unspecified atom stereocenters. The van der Waals surface area contributed by atoms with E-state index in [0.29, 0.717) is 26.1 Å². The van der Waals surface area contributed by atoms with Crippen molar-refractivity contribution in [2.45, 2.75) is 23.6 Å². The lowest BCUT2D eigenvalue weighted by Gasteiger charge is -2.11. The van der Waals surface area contributed by atoms with Crippen LogP contribution in [-0.4, -0.2) is 43.2 Å². The number of carbonyl (C=O) groups excluding carboxylic acids is 4. The Morgan fingerprint density at radius 2 is 1.50 bits per heavy atom. The number of amides is 1. The van der Waals surface area contributed by atoms with Crippen molar-refractivity contribution in [2.24, 2.45) is 5.10 Å². The van der Waals surface area contributed by atoms with Crippen molar-refractivity contribution in [2.75, 3.05) is 18.7 Å². The van der Waals surface area contributed by atoms with Crippen LogP contribution in [0.4, 0.5) is 5.69 Å². The number of fused-ring (bicyclic) bond motifs is 1. The highest BCUT2D eigenvalue weighted by atomic mass is 32.2. The van der Waals surface area contributed by atoms with Gasteiger partial charge in [0.25, 0.3) is 5.91 Å². The molecule has 5 rings (SSSR count). The van der Waals surface area contributed by atoms with Gasteiger partial charge in [-0.2, -0.15) is 10.1 Å². The molecule has 9 nitrogen and oxygen atoms in total. The van der Waals surface area contributed by atoms with Crippen molar-refractivity contribution >= 4 is 58.7 Å². The zero-order chi connectivity index (χ0) is 28.4. The van der Waals surface area contributed by atoms with Gasteiger partial charge in [-0.25, -0.2) is 14.4 Å². The standard InChI is InChI=1S/C29H22N2O7S2/c1-4-37-28(35)22-21(25(32)31(30-22)19-8-6-5-7-9-19)29-39-23-16(2)10-15-20(24(23)40-29)38-27(34)18-13-11-17(12-14-18)26(33)36-3/h5-15H,4H2,1-3H3. The van der Waals surface area contributed by atoms with E-state index in [1.54, 1.807) is 37.3 Å². The molecule has 202 valence electrons. The zero-order valence-electron chi connectivity index (χ0n) is 21.6. The highest BCUT2D eigenvalue weighted by Crippen LogP contribution is 2.57. The van der Waals surface area contributed by atoms with Gasteiger partial charge in [-0.1, -0.05) is 47.8 Å². The summed E-state index contributed by atoms with van der Waals surface area (Å²) in [4.78, 5) is 52.5. The van der Waals surface area contributed by atoms with E-state index < -0.39 is 23.8 Å². The topological polar surface area (TPSA) is 112 Å². The molecule has 1 amide bonds. The minimum atomic E-state index is -0.701. The van der Waals surface area contributed by atoms with Crippen LogP contribution in [0.2, 0.25) is 0 Å². The van der Waals surface area contributed by atoms with E-state index in [1.165, 1.54) is 59.9 Å². The Kier molecular flexibility index (Phi) is 7.76. The van der Waals surface area contributed by atoms with Gasteiger partial charge in [0.1, 0.15) is 5.75 Å². The third kappa shape index (κ3) is 5.13. The molecule has 0 aliphatic carbocycles. The molecule has 0 fully saturated rings. The molecular formula is C29H22N2O7S2. The second-order valence-electron chi connectivity index (χ2n) is 8.49. The monoisotopic (exact) mass is 574 g/mol. The molecule has 0 spiro atoms. The second kappa shape index (κ2) is 11.4. The molecule has 11 heteroatoms. The first kappa shape index (κ1) is 27.2. The predicted octanol–water partition coefficient (Wildman–Crippen LogP) is 5.38. The van der Waals surface area contributed by atoms with E-state index in [0.717, 1.165) is 10.5 Å². The summed E-state index contributed by atoms with van der Waals surface area (Å²) in [5.74, 6) is -1.99. The lowest BCUT2D eigenvalue weighted by atomic mass is 10.1. The van der Waals surface area contributed by atoms with Crippen LogP contribution in [-0.2, 0) is 19.1 Å². The van der Waals surface area contributed by atoms with Crippen molar-refractivity contribution in [1.29, 1.82) is 0 Å². The quantitative estimate of drug-likeness (QED) is 0.218. The number of esters is 3. The molecule has 0 bridgehead atoms. The van der Waals surface area contributed by atoms with Gasteiger partial charge in [-0.3, -0.25) is 4.79 Å². The number of aryl methyl sites for hydroxylation is 1. The minimum Gasteiger partial charge on any atom is -0.465 e. The van der Waals surface area contributed by atoms with E-state index >= 15 is 0 Å². The predicted molar refractivity (Wildman–Crippen MR) is 151 cm³/mol. The average molecular weight is 575 g/mol. The highest BCUT2D eigenvalue weighted by Gasteiger charge is 2.41.